The van der Waals surface area contributed by atoms with Gasteiger partial charge >= 0.3 is 0 Å². The van der Waals surface area contributed by atoms with Crippen LogP contribution in [0.25, 0.3) is 0 Å². The zero-order chi connectivity index (χ0) is 15.6. The molecule has 3 nitrogen and oxygen atoms in total. The molecule has 2 aromatic rings. The van der Waals surface area contributed by atoms with E-state index in [4.69, 9.17) is 0 Å². The van der Waals surface area contributed by atoms with E-state index in [1.54, 1.807) is 6.07 Å². The van der Waals surface area contributed by atoms with Gasteiger partial charge in [-0.05, 0) is 24.3 Å². The molecule has 0 aliphatic rings. The Bertz CT molecular complexity index is 776. The highest BCUT2D eigenvalue weighted by molar-refractivity contribution is 7.90. The maximum atomic E-state index is 13.5. The van der Waals surface area contributed by atoms with Crippen molar-refractivity contribution in [1.29, 1.82) is 0 Å². The van der Waals surface area contributed by atoms with E-state index in [1.165, 1.54) is 18.2 Å². The van der Waals surface area contributed by atoms with Crippen LogP contribution in [0, 0.1) is 17.5 Å². The van der Waals surface area contributed by atoms with Crippen molar-refractivity contribution in [3.63, 3.8) is 0 Å². The molecule has 2 rings (SSSR count). The number of anilines is 1. The Morgan fingerprint density at radius 3 is 2.33 bits per heavy atom. The molecule has 0 saturated heterocycles. The normalized spacial score (nSPS) is 11.4. The standard InChI is InChI=1S/C14H12F3NO2S/c1-21(19,20)11-4-2-3-10(6-11)18-8-9-5-13(16)14(17)7-12(9)15/h2-7,18H,8H2,1H3. The molecular formula is C14H12F3NO2S. The summed E-state index contributed by atoms with van der Waals surface area (Å²) in [5, 5.41) is 2.77. The van der Waals surface area contributed by atoms with E-state index in [2.05, 4.69) is 5.32 Å². The first-order valence-electron chi connectivity index (χ1n) is 5.95. The van der Waals surface area contributed by atoms with Crippen molar-refractivity contribution >= 4 is 15.5 Å². The highest BCUT2D eigenvalue weighted by Gasteiger charge is 2.10. The largest absolute Gasteiger partial charge is 0.381 e. The van der Waals surface area contributed by atoms with E-state index in [0.29, 0.717) is 11.8 Å². The zero-order valence-electron chi connectivity index (χ0n) is 11.0. The lowest BCUT2D eigenvalue weighted by Gasteiger charge is -2.09. The molecule has 7 heteroatoms. The molecule has 0 atom stereocenters. The Morgan fingerprint density at radius 2 is 1.67 bits per heavy atom. The zero-order valence-corrected chi connectivity index (χ0v) is 11.8. The number of halogens is 3. The van der Waals surface area contributed by atoms with E-state index >= 15 is 0 Å². The Labute approximate surface area is 120 Å². The molecule has 0 saturated carbocycles. The van der Waals surface area contributed by atoms with Crippen LogP contribution in [-0.4, -0.2) is 14.7 Å². The molecule has 0 bridgehead atoms. The molecule has 0 spiro atoms. The average molecular weight is 315 g/mol. The van der Waals surface area contributed by atoms with Crippen molar-refractivity contribution < 1.29 is 21.6 Å². The summed E-state index contributed by atoms with van der Waals surface area (Å²) >= 11 is 0. The molecule has 0 aromatic heterocycles. The van der Waals surface area contributed by atoms with Crippen LogP contribution in [0.2, 0.25) is 0 Å². The average Bonchev–Trinajstić information content (AvgIpc) is 2.41. The summed E-state index contributed by atoms with van der Waals surface area (Å²) in [6.07, 6.45) is 1.07. The third-order valence-electron chi connectivity index (χ3n) is 2.83. The van der Waals surface area contributed by atoms with E-state index in [9.17, 15) is 21.6 Å². The van der Waals surface area contributed by atoms with Gasteiger partial charge in [-0.3, -0.25) is 0 Å². The molecule has 0 radical (unpaired) electrons. The lowest BCUT2D eigenvalue weighted by molar-refractivity contribution is 0.490. The van der Waals surface area contributed by atoms with Gasteiger partial charge in [-0.1, -0.05) is 6.07 Å². The Morgan fingerprint density at radius 1 is 1.00 bits per heavy atom. The molecule has 0 heterocycles. The summed E-state index contributed by atoms with van der Waals surface area (Å²) in [6, 6.07) is 7.16. The first-order chi connectivity index (χ1) is 9.77. The fraction of sp³-hybridized carbons (Fsp3) is 0.143. The maximum absolute atomic E-state index is 13.5. The SMILES string of the molecule is CS(=O)(=O)c1cccc(NCc2cc(F)c(F)cc2F)c1. The van der Waals surface area contributed by atoms with Gasteiger partial charge < -0.3 is 5.32 Å². The highest BCUT2D eigenvalue weighted by Crippen LogP contribution is 2.18. The van der Waals surface area contributed by atoms with Gasteiger partial charge in [0.1, 0.15) is 5.82 Å². The number of sulfone groups is 1. The van der Waals surface area contributed by atoms with Crippen molar-refractivity contribution in [2.24, 2.45) is 0 Å². The Balaban J connectivity index is 2.19. The topological polar surface area (TPSA) is 46.2 Å². The van der Waals surface area contributed by atoms with Crippen LogP contribution in [0.1, 0.15) is 5.56 Å². The summed E-state index contributed by atoms with van der Waals surface area (Å²) in [7, 11) is -3.35. The number of hydrogen-bond donors (Lipinski definition) is 1. The van der Waals surface area contributed by atoms with Crippen LogP contribution in [0.4, 0.5) is 18.9 Å². The number of rotatable bonds is 4. The summed E-state index contributed by atoms with van der Waals surface area (Å²) in [6.45, 7) is -0.101. The number of benzene rings is 2. The molecule has 0 amide bonds. The van der Waals surface area contributed by atoms with Crippen molar-refractivity contribution in [3.8, 4) is 0 Å². The van der Waals surface area contributed by atoms with Gasteiger partial charge in [0.25, 0.3) is 0 Å². The molecule has 112 valence electrons. The van der Waals surface area contributed by atoms with Crippen LogP contribution in [0.3, 0.4) is 0 Å². The van der Waals surface area contributed by atoms with Crippen molar-refractivity contribution in [1.82, 2.24) is 0 Å². The summed E-state index contributed by atoms with van der Waals surface area (Å²) < 4.78 is 62.2. The minimum Gasteiger partial charge on any atom is -0.381 e. The quantitative estimate of drug-likeness (QED) is 0.882. The van der Waals surface area contributed by atoms with Crippen molar-refractivity contribution in [2.75, 3.05) is 11.6 Å². The lowest BCUT2D eigenvalue weighted by Crippen LogP contribution is -2.05. The van der Waals surface area contributed by atoms with E-state index in [1.807, 2.05) is 0 Å². The van der Waals surface area contributed by atoms with Gasteiger partial charge in [0.2, 0.25) is 0 Å². The van der Waals surface area contributed by atoms with Gasteiger partial charge in [0.05, 0.1) is 4.90 Å². The van der Waals surface area contributed by atoms with E-state index < -0.39 is 27.3 Å². The molecule has 1 N–H and O–H groups in total. The van der Waals surface area contributed by atoms with Gasteiger partial charge in [0.15, 0.2) is 21.5 Å². The van der Waals surface area contributed by atoms with Gasteiger partial charge in [-0.15, -0.1) is 0 Å². The fourth-order valence-corrected chi connectivity index (χ4v) is 2.40. The summed E-state index contributed by atoms with van der Waals surface area (Å²) in [5.74, 6) is -3.27. The first-order valence-corrected chi connectivity index (χ1v) is 7.84. The third-order valence-corrected chi connectivity index (χ3v) is 3.94. The molecular weight excluding hydrogens is 303 g/mol. The molecule has 0 aliphatic heterocycles. The highest BCUT2D eigenvalue weighted by atomic mass is 32.2. The van der Waals surface area contributed by atoms with Crippen molar-refractivity contribution in [2.45, 2.75) is 11.4 Å². The van der Waals surface area contributed by atoms with E-state index in [0.717, 1.165) is 12.3 Å². The van der Waals surface area contributed by atoms with Crippen molar-refractivity contribution in [3.05, 3.63) is 59.4 Å². The number of nitrogens with one attached hydrogen (secondary N) is 1. The Hall–Kier alpha value is -2.02. The van der Waals surface area contributed by atoms with Crippen LogP contribution in [0.15, 0.2) is 41.3 Å². The monoisotopic (exact) mass is 315 g/mol. The lowest BCUT2D eigenvalue weighted by atomic mass is 10.2. The third kappa shape index (κ3) is 3.75. The van der Waals surface area contributed by atoms with Gasteiger partial charge in [-0.2, -0.15) is 0 Å². The van der Waals surface area contributed by atoms with Crippen LogP contribution in [-0.2, 0) is 16.4 Å². The Kier molecular flexibility index (Phi) is 4.22. The fourth-order valence-electron chi connectivity index (χ4n) is 1.73. The second-order valence-corrected chi connectivity index (χ2v) is 6.53. The molecule has 0 fully saturated rings. The molecule has 2 aromatic carbocycles. The maximum Gasteiger partial charge on any atom is 0.175 e. The smallest absolute Gasteiger partial charge is 0.175 e. The number of hydrogen-bond acceptors (Lipinski definition) is 3. The van der Waals surface area contributed by atoms with Gasteiger partial charge in [0, 0.05) is 30.1 Å². The summed E-state index contributed by atoms with van der Waals surface area (Å²) in [5.41, 5.74) is 0.376. The minimum atomic E-state index is -3.35. The molecule has 21 heavy (non-hydrogen) atoms. The second kappa shape index (κ2) is 5.77. The predicted molar refractivity (Wildman–Crippen MR) is 73.2 cm³/mol. The predicted octanol–water partition coefficient (Wildman–Crippen LogP) is 3.12. The van der Waals surface area contributed by atoms with Crippen LogP contribution >= 0.6 is 0 Å². The first kappa shape index (κ1) is 15.4. The van der Waals surface area contributed by atoms with Gasteiger partial charge in [-0.25, -0.2) is 21.6 Å². The summed E-state index contributed by atoms with van der Waals surface area (Å²) in [4.78, 5) is 0.109. The van der Waals surface area contributed by atoms with Crippen LogP contribution < -0.4 is 5.32 Å². The van der Waals surface area contributed by atoms with Crippen LogP contribution in [0.5, 0.6) is 0 Å². The second-order valence-electron chi connectivity index (χ2n) is 4.51. The molecule has 0 aliphatic carbocycles. The molecule has 0 unspecified atom stereocenters. The van der Waals surface area contributed by atoms with E-state index in [-0.39, 0.29) is 17.0 Å². The minimum absolute atomic E-state index is 0.0568.